The number of fused-ring (bicyclic) bond motifs is 1. The molecule has 3 rings (SSSR count). The van der Waals surface area contributed by atoms with Gasteiger partial charge >= 0.3 is 0 Å². The Balaban J connectivity index is 1.96. The van der Waals surface area contributed by atoms with Crippen LogP contribution in [0.25, 0.3) is 5.76 Å². The van der Waals surface area contributed by atoms with Crippen molar-refractivity contribution in [2.24, 2.45) is 5.10 Å². The zero-order valence-electron chi connectivity index (χ0n) is 14.8. The number of sulfonamides is 1. The number of benzene rings is 2. The second-order valence-electron chi connectivity index (χ2n) is 5.93. The summed E-state index contributed by atoms with van der Waals surface area (Å²) in [6, 6.07) is 8.55. The molecule has 0 aromatic heterocycles. The Kier molecular flexibility index (Phi) is 4.90. The molecule has 1 aliphatic heterocycles. The number of carbonyl (C=O) groups is 1. The van der Waals surface area contributed by atoms with Gasteiger partial charge in [0, 0.05) is 24.2 Å². The number of hydrogen-bond acceptors (Lipinski definition) is 5. The second-order valence-corrected chi connectivity index (χ2v) is 7.87. The van der Waals surface area contributed by atoms with E-state index in [0.29, 0.717) is 10.4 Å². The summed E-state index contributed by atoms with van der Waals surface area (Å²) in [5.74, 6) is -3.18. The highest BCUT2D eigenvalue weighted by Crippen LogP contribution is 2.34. The summed E-state index contributed by atoms with van der Waals surface area (Å²) in [5.41, 5.74) is 1.51. The third-order valence-corrected chi connectivity index (χ3v) is 6.00. The SMILES string of the molecule is C/C(=N\NC(=O)C1=C(O)c2ccccc2S(=O)(=O)N1C)c1ccc(F)cc1F. The maximum Gasteiger partial charge on any atom is 0.292 e. The highest BCUT2D eigenvalue weighted by atomic mass is 32.2. The van der Waals surface area contributed by atoms with Crippen molar-refractivity contribution < 1.29 is 27.1 Å². The predicted octanol–water partition coefficient (Wildman–Crippen LogP) is 2.37. The first-order valence-electron chi connectivity index (χ1n) is 7.96. The Morgan fingerprint density at radius 1 is 1.18 bits per heavy atom. The fourth-order valence-corrected chi connectivity index (χ4v) is 4.11. The number of aliphatic hydroxyl groups is 1. The molecule has 2 aromatic rings. The molecule has 146 valence electrons. The maximum atomic E-state index is 13.8. The molecule has 0 spiro atoms. The van der Waals surface area contributed by atoms with Crippen molar-refractivity contribution in [2.75, 3.05) is 7.05 Å². The highest BCUT2D eigenvalue weighted by molar-refractivity contribution is 7.89. The number of amides is 1. The minimum Gasteiger partial charge on any atom is -0.505 e. The normalized spacial score (nSPS) is 16.0. The predicted molar refractivity (Wildman–Crippen MR) is 97.7 cm³/mol. The van der Waals surface area contributed by atoms with E-state index in [1.54, 1.807) is 0 Å². The van der Waals surface area contributed by atoms with Crippen LogP contribution < -0.4 is 5.43 Å². The largest absolute Gasteiger partial charge is 0.505 e. The zero-order chi connectivity index (χ0) is 20.6. The van der Waals surface area contributed by atoms with E-state index in [4.69, 9.17) is 0 Å². The molecule has 0 saturated carbocycles. The first-order chi connectivity index (χ1) is 13.1. The van der Waals surface area contributed by atoms with Gasteiger partial charge in [0.1, 0.15) is 11.6 Å². The van der Waals surface area contributed by atoms with E-state index < -0.39 is 39.0 Å². The van der Waals surface area contributed by atoms with Crippen molar-refractivity contribution in [3.05, 3.63) is 70.9 Å². The summed E-state index contributed by atoms with van der Waals surface area (Å²) in [6.07, 6.45) is 0. The van der Waals surface area contributed by atoms with Crippen molar-refractivity contribution in [1.82, 2.24) is 9.73 Å². The fraction of sp³-hybridized carbons (Fsp3) is 0.111. The van der Waals surface area contributed by atoms with Gasteiger partial charge in [0.25, 0.3) is 15.9 Å². The van der Waals surface area contributed by atoms with Crippen LogP contribution in [0.5, 0.6) is 0 Å². The molecule has 1 aliphatic rings. The third-order valence-electron chi connectivity index (χ3n) is 4.18. The van der Waals surface area contributed by atoms with Crippen molar-refractivity contribution in [3.63, 3.8) is 0 Å². The zero-order valence-corrected chi connectivity index (χ0v) is 15.6. The lowest BCUT2D eigenvalue weighted by atomic mass is 10.1. The Morgan fingerprint density at radius 3 is 2.54 bits per heavy atom. The molecule has 28 heavy (non-hydrogen) atoms. The Labute approximate surface area is 159 Å². The maximum absolute atomic E-state index is 13.8. The van der Waals surface area contributed by atoms with E-state index in [1.165, 1.54) is 31.2 Å². The molecular weight excluding hydrogens is 392 g/mol. The van der Waals surface area contributed by atoms with E-state index in [0.717, 1.165) is 19.2 Å². The van der Waals surface area contributed by atoms with E-state index in [2.05, 4.69) is 10.5 Å². The molecular formula is C18H15F2N3O4S. The van der Waals surface area contributed by atoms with Gasteiger partial charge in [-0.05, 0) is 31.2 Å². The number of nitrogens with zero attached hydrogens (tertiary/aromatic N) is 2. The number of likely N-dealkylation sites (N-methyl/N-ethyl adjacent to an activating group) is 1. The Bertz CT molecular complexity index is 1140. The summed E-state index contributed by atoms with van der Waals surface area (Å²) in [6.45, 7) is 1.38. The number of rotatable bonds is 3. The lowest BCUT2D eigenvalue weighted by Gasteiger charge is -2.27. The number of halogens is 2. The van der Waals surface area contributed by atoms with Gasteiger partial charge < -0.3 is 5.11 Å². The number of aliphatic hydroxyl groups excluding tert-OH is 1. The van der Waals surface area contributed by atoms with Crippen LogP contribution in [0, 0.1) is 11.6 Å². The third kappa shape index (κ3) is 3.22. The van der Waals surface area contributed by atoms with E-state index in [1.807, 2.05) is 0 Å². The monoisotopic (exact) mass is 407 g/mol. The van der Waals surface area contributed by atoms with Crippen LogP contribution in [0.15, 0.2) is 58.2 Å². The van der Waals surface area contributed by atoms with Crippen LogP contribution >= 0.6 is 0 Å². The first kappa shape index (κ1) is 19.5. The van der Waals surface area contributed by atoms with Crippen LogP contribution in [0.4, 0.5) is 8.78 Å². The van der Waals surface area contributed by atoms with Gasteiger partial charge in [-0.3, -0.25) is 9.10 Å². The fourth-order valence-electron chi connectivity index (χ4n) is 2.71. The first-order valence-corrected chi connectivity index (χ1v) is 9.40. The molecule has 0 bridgehead atoms. The molecule has 1 amide bonds. The van der Waals surface area contributed by atoms with Gasteiger partial charge in [0.15, 0.2) is 11.5 Å². The summed E-state index contributed by atoms with van der Waals surface area (Å²) >= 11 is 0. The van der Waals surface area contributed by atoms with Gasteiger partial charge in [0.05, 0.1) is 10.6 Å². The molecule has 0 radical (unpaired) electrons. The van der Waals surface area contributed by atoms with Gasteiger partial charge in [0.2, 0.25) is 0 Å². The van der Waals surface area contributed by atoms with Crippen LogP contribution in [0.2, 0.25) is 0 Å². The molecule has 0 aliphatic carbocycles. The quantitative estimate of drug-likeness (QED) is 0.603. The number of hydrazone groups is 1. The van der Waals surface area contributed by atoms with Gasteiger partial charge in [-0.15, -0.1) is 0 Å². The average Bonchev–Trinajstić information content (AvgIpc) is 2.65. The molecule has 0 atom stereocenters. The van der Waals surface area contributed by atoms with Crippen LogP contribution in [-0.2, 0) is 14.8 Å². The lowest BCUT2D eigenvalue weighted by molar-refractivity contribution is -0.118. The average molecular weight is 407 g/mol. The number of hydrogen-bond donors (Lipinski definition) is 2. The van der Waals surface area contributed by atoms with E-state index >= 15 is 0 Å². The minimum atomic E-state index is -4.05. The second kappa shape index (κ2) is 7.04. The molecule has 0 unspecified atom stereocenters. The molecule has 7 nitrogen and oxygen atoms in total. The minimum absolute atomic E-state index is 0.0176. The van der Waals surface area contributed by atoms with Crippen molar-refractivity contribution in [1.29, 1.82) is 0 Å². The summed E-state index contributed by atoms with van der Waals surface area (Å²) < 4.78 is 52.6. The molecule has 2 aromatic carbocycles. The van der Waals surface area contributed by atoms with E-state index in [9.17, 15) is 27.1 Å². The standard InChI is InChI=1S/C18H15F2N3O4S/c1-10(12-8-7-11(19)9-14(12)20)21-22-18(25)16-17(24)13-5-3-4-6-15(13)28(26,27)23(16)2/h3-9,24H,1-2H3,(H,22,25)/b21-10+. The molecule has 10 heteroatoms. The summed E-state index contributed by atoms with van der Waals surface area (Å²) in [5, 5.41) is 14.1. The Morgan fingerprint density at radius 2 is 1.86 bits per heavy atom. The van der Waals surface area contributed by atoms with Gasteiger partial charge in [-0.2, -0.15) is 5.10 Å². The van der Waals surface area contributed by atoms with Crippen molar-refractivity contribution in [3.8, 4) is 0 Å². The molecule has 0 saturated heterocycles. The smallest absolute Gasteiger partial charge is 0.292 e. The van der Waals surface area contributed by atoms with Crippen molar-refractivity contribution >= 4 is 27.4 Å². The highest BCUT2D eigenvalue weighted by Gasteiger charge is 2.37. The van der Waals surface area contributed by atoms with Crippen LogP contribution in [0.1, 0.15) is 18.1 Å². The van der Waals surface area contributed by atoms with Gasteiger partial charge in [-0.25, -0.2) is 22.6 Å². The lowest BCUT2D eigenvalue weighted by Crippen LogP contribution is -2.38. The summed E-state index contributed by atoms with van der Waals surface area (Å²) in [4.78, 5) is 12.4. The molecule has 2 N–H and O–H groups in total. The van der Waals surface area contributed by atoms with Crippen molar-refractivity contribution in [2.45, 2.75) is 11.8 Å². The van der Waals surface area contributed by atoms with E-state index in [-0.39, 0.29) is 21.7 Å². The number of carbonyl (C=O) groups excluding carboxylic acids is 1. The Hall–Kier alpha value is -3.27. The molecule has 0 fully saturated rings. The van der Waals surface area contributed by atoms with Crippen LogP contribution in [0.3, 0.4) is 0 Å². The number of nitrogens with one attached hydrogen (secondary N) is 1. The molecule has 1 heterocycles. The van der Waals surface area contributed by atoms with Gasteiger partial charge in [-0.1, -0.05) is 12.1 Å². The topological polar surface area (TPSA) is 99.1 Å². The summed E-state index contributed by atoms with van der Waals surface area (Å²) in [7, 11) is -2.93. The van der Waals surface area contributed by atoms with Crippen LogP contribution in [-0.4, -0.2) is 36.5 Å².